The van der Waals surface area contributed by atoms with Gasteiger partial charge in [-0.3, -0.25) is 0 Å². The van der Waals surface area contributed by atoms with Gasteiger partial charge in [0.1, 0.15) is 0 Å². The Morgan fingerprint density at radius 3 is 2.61 bits per heavy atom. The van der Waals surface area contributed by atoms with Crippen molar-refractivity contribution in [1.82, 2.24) is 20.2 Å². The molecule has 1 N–H and O–H groups in total. The quantitative estimate of drug-likeness (QED) is 0.858. The summed E-state index contributed by atoms with van der Waals surface area (Å²) < 4.78 is 0. The van der Waals surface area contributed by atoms with Crippen molar-refractivity contribution < 1.29 is 0 Å². The minimum Gasteiger partial charge on any atom is -0.338 e. The van der Waals surface area contributed by atoms with E-state index in [1.54, 1.807) is 0 Å². The van der Waals surface area contributed by atoms with E-state index in [0.29, 0.717) is 6.04 Å². The van der Waals surface area contributed by atoms with Gasteiger partial charge in [-0.05, 0) is 32.1 Å². The maximum absolute atomic E-state index is 4.57. The van der Waals surface area contributed by atoms with Gasteiger partial charge in [-0.2, -0.15) is 11.8 Å². The summed E-state index contributed by atoms with van der Waals surface area (Å²) in [5, 5.41) is 4.53. The monoisotopic (exact) mass is 335 g/mol. The Bertz CT molecular complexity index is 472. The van der Waals surface area contributed by atoms with Crippen molar-refractivity contribution in [2.75, 3.05) is 43.9 Å². The predicted octanol–water partition coefficient (Wildman–Crippen LogP) is 1.99. The molecule has 0 spiro atoms. The summed E-state index contributed by atoms with van der Waals surface area (Å²) in [7, 11) is 2.17. The second-order valence-corrected chi connectivity index (χ2v) is 8.23. The Morgan fingerprint density at radius 2 is 1.91 bits per heavy atom. The van der Waals surface area contributed by atoms with Gasteiger partial charge in [0.05, 0.1) is 0 Å². The van der Waals surface area contributed by atoms with Crippen LogP contribution >= 0.6 is 11.8 Å². The number of piperazine rings is 1. The molecule has 128 valence electrons. The fourth-order valence-electron chi connectivity index (χ4n) is 3.38. The van der Waals surface area contributed by atoms with Crippen LogP contribution in [0.5, 0.6) is 0 Å². The van der Waals surface area contributed by atoms with Gasteiger partial charge in [-0.15, -0.1) is 0 Å². The number of hydrogen-bond acceptors (Lipinski definition) is 6. The molecule has 2 fully saturated rings. The maximum atomic E-state index is 4.57. The fraction of sp³-hybridized carbons (Fsp3) is 0.765. The lowest BCUT2D eigenvalue weighted by molar-refractivity contribution is 0.311. The van der Waals surface area contributed by atoms with E-state index < -0.39 is 0 Å². The minimum atomic E-state index is 0.663. The van der Waals surface area contributed by atoms with E-state index in [4.69, 9.17) is 0 Å². The second kappa shape index (κ2) is 8.31. The Kier molecular flexibility index (Phi) is 6.14. The molecule has 1 saturated carbocycles. The molecule has 0 bridgehead atoms. The zero-order valence-corrected chi connectivity index (χ0v) is 15.2. The standard InChI is InChI=1S/C17H29N5S/c1-3-23-16-5-4-15(10-16)18-11-14-12-19-17(20-13-14)22-8-6-21(2)7-9-22/h12-13,15-16,18H,3-11H2,1-2H3/t15-,16+/m0/s1. The van der Waals surface area contributed by atoms with E-state index in [0.717, 1.165) is 43.9 Å². The number of aromatic nitrogens is 2. The Labute approximate surface area is 144 Å². The van der Waals surface area contributed by atoms with Gasteiger partial charge in [-0.25, -0.2) is 9.97 Å². The Hall–Kier alpha value is -0.850. The molecule has 5 nitrogen and oxygen atoms in total. The molecule has 0 amide bonds. The first kappa shape index (κ1) is 17.0. The highest BCUT2D eigenvalue weighted by Gasteiger charge is 2.24. The molecule has 0 unspecified atom stereocenters. The number of anilines is 1. The highest BCUT2D eigenvalue weighted by atomic mass is 32.2. The number of nitrogens with zero attached hydrogens (tertiary/aromatic N) is 4. The van der Waals surface area contributed by atoms with Crippen LogP contribution in [-0.2, 0) is 6.54 Å². The van der Waals surface area contributed by atoms with E-state index in [1.165, 1.54) is 30.6 Å². The highest BCUT2D eigenvalue weighted by Crippen LogP contribution is 2.29. The zero-order valence-electron chi connectivity index (χ0n) is 14.4. The number of likely N-dealkylation sites (N-methyl/N-ethyl adjacent to an activating group) is 1. The van der Waals surface area contributed by atoms with Crippen molar-refractivity contribution in [3.05, 3.63) is 18.0 Å². The summed E-state index contributed by atoms with van der Waals surface area (Å²) >= 11 is 2.11. The lowest BCUT2D eigenvalue weighted by Crippen LogP contribution is -2.45. The van der Waals surface area contributed by atoms with Crippen LogP contribution in [0.3, 0.4) is 0 Å². The lowest BCUT2D eigenvalue weighted by atomic mass is 10.2. The van der Waals surface area contributed by atoms with Gasteiger partial charge in [0, 0.05) is 62.0 Å². The average molecular weight is 336 g/mol. The van der Waals surface area contributed by atoms with E-state index in [-0.39, 0.29) is 0 Å². The normalized spacial score (nSPS) is 25.9. The number of hydrogen-bond donors (Lipinski definition) is 1. The van der Waals surface area contributed by atoms with E-state index in [2.05, 4.69) is 50.8 Å². The molecule has 0 radical (unpaired) electrons. The summed E-state index contributed by atoms with van der Waals surface area (Å²) in [5.74, 6) is 2.11. The molecule has 0 aromatic carbocycles. The third-order valence-electron chi connectivity index (χ3n) is 4.86. The van der Waals surface area contributed by atoms with Crippen LogP contribution in [0.4, 0.5) is 5.95 Å². The molecule has 2 heterocycles. The molecule has 23 heavy (non-hydrogen) atoms. The van der Waals surface area contributed by atoms with E-state index in [9.17, 15) is 0 Å². The molecule has 2 atom stereocenters. The van der Waals surface area contributed by atoms with Crippen molar-refractivity contribution >= 4 is 17.7 Å². The van der Waals surface area contributed by atoms with Gasteiger partial charge >= 0.3 is 0 Å². The van der Waals surface area contributed by atoms with Gasteiger partial charge in [0.2, 0.25) is 5.95 Å². The Morgan fingerprint density at radius 1 is 1.17 bits per heavy atom. The van der Waals surface area contributed by atoms with Crippen molar-refractivity contribution in [3.63, 3.8) is 0 Å². The first-order valence-corrected chi connectivity index (χ1v) is 9.89. The molecule has 1 saturated heterocycles. The predicted molar refractivity (Wildman–Crippen MR) is 98.1 cm³/mol. The molecular weight excluding hydrogens is 306 g/mol. The minimum absolute atomic E-state index is 0.663. The van der Waals surface area contributed by atoms with Gasteiger partial charge in [-0.1, -0.05) is 6.92 Å². The van der Waals surface area contributed by atoms with Gasteiger partial charge in [0.15, 0.2) is 0 Å². The second-order valence-electron chi connectivity index (χ2n) is 6.65. The maximum Gasteiger partial charge on any atom is 0.225 e. The smallest absolute Gasteiger partial charge is 0.225 e. The first-order chi connectivity index (χ1) is 11.2. The molecule has 6 heteroatoms. The van der Waals surface area contributed by atoms with E-state index in [1.807, 2.05) is 12.4 Å². The van der Waals surface area contributed by atoms with Crippen molar-refractivity contribution in [1.29, 1.82) is 0 Å². The third kappa shape index (κ3) is 4.81. The highest BCUT2D eigenvalue weighted by molar-refractivity contribution is 7.99. The lowest BCUT2D eigenvalue weighted by Gasteiger charge is -2.32. The number of rotatable bonds is 6. The molecular formula is C17H29N5S. The van der Waals surface area contributed by atoms with Crippen LogP contribution in [-0.4, -0.2) is 65.1 Å². The summed E-state index contributed by atoms with van der Waals surface area (Å²) in [6.07, 6.45) is 7.94. The van der Waals surface area contributed by atoms with Crippen LogP contribution in [0, 0.1) is 0 Å². The van der Waals surface area contributed by atoms with Gasteiger partial charge in [0.25, 0.3) is 0 Å². The number of nitrogens with one attached hydrogen (secondary N) is 1. The first-order valence-electron chi connectivity index (χ1n) is 8.84. The largest absolute Gasteiger partial charge is 0.338 e. The van der Waals surface area contributed by atoms with Crippen molar-refractivity contribution in [2.24, 2.45) is 0 Å². The van der Waals surface area contributed by atoms with Crippen LogP contribution in [0.2, 0.25) is 0 Å². The SMILES string of the molecule is CCS[C@@H]1CC[C@H](NCc2cnc(N3CCN(C)CC3)nc2)C1. The number of thioether (sulfide) groups is 1. The molecule has 1 aliphatic heterocycles. The summed E-state index contributed by atoms with van der Waals surface area (Å²) in [6, 6.07) is 0.663. The van der Waals surface area contributed by atoms with Crippen LogP contribution < -0.4 is 10.2 Å². The van der Waals surface area contributed by atoms with Crippen LogP contribution in [0.1, 0.15) is 31.7 Å². The third-order valence-corrected chi connectivity index (χ3v) is 6.09. The topological polar surface area (TPSA) is 44.3 Å². The summed E-state index contributed by atoms with van der Waals surface area (Å²) in [4.78, 5) is 13.8. The van der Waals surface area contributed by atoms with E-state index >= 15 is 0 Å². The molecule has 2 aliphatic rings. The molecule has 1 aliphatic carbocycles. The molecule has 3 rings (SSSR count). The fourth-order valence-corrected chi connectivity index (χ4v) is 4.53. The summed E-state index contributed by atoms with van der Waals surface area (Å²) in [5.41, 5.74) is 1.19. The zero-order chi connectivity index (χ0) is 16.1. The average Bonchev–Trinajstić information content (AvgIpc) is 3.02. The molecule has 1 aromatic rings. The van der Waals surface area contributed by atoms with Crippen LogP contribution in [0.15, 0.2) is 12.4 Å². The van der Waals surface area contributed by atoms with Crippen LogP contribution in [0.25, 0.3) is 0 Å². The Balaban J connectivity index is 1.45. The van der Waals surface area contributed by atoms with Gasteiger partial charge < -0.3 is 15.1 Å². The van der Waals surface area contributed by atoms with Crippen molar-refractivity contribution in [2.45, 2.75) is 44.0 Å². The molecule has 1 aromatic heterocycles. The van der Waals surface area contributed by atoms with Crippen molar-refractivity contribution in [3.8, 4) is 0 Å². The summed E-state index contributed by atoms with van der Waals surface area (Å²) in [6.45, 7) is 7.36.